The van der Waals surface area contributed by atoms with E-state index in [4.69, 9.17) is 15.6 Å². The van der Waals surface area contributed by atoms with Crippen LogP contribution in [0.1, 0.15) is 36.8 Å². The van der Waals surface area contributed by atoms with Gasteiger partial charge in [-0.25, -0.2) is 14.4 Å². The highest BCUT2D eigenvalue weighted by Gasteiger charge is 2.24. The summed E-state index contributed by atoms with van der Waals surface area (Å²) in [6, 6.07) is 18.7. The highest BCUT2D eigenvalue weighted by Crippen LogP contribution is 2.32. The van der Waals surface area contributed by atoms with E-state index in [-0.39, 0.29) is 45.6 Å². The van der Waals surface area contributed by atoms with Crippen molar-refractivity contribution in [2.45, 2.75) is 19.9 Å². The van der Waals surface area contributed by atoms with E-state index in [1.807, 2.05) is 0 Å². The summed E-state index contributed by atoms with van der Waals surface area (Å²) in [5.41, 5.74) is 8.27. The van der Waals surface area contributed by atoms with Crippen molar-refractivity contribution in [1.82, 2.24) is 9.97 Å². The molecule has 0 spiro atoms. The Labute approximate surface area is 228 Å². The van der Waals surface area contributed by atoms with Crippen LogP contribution in [-0.4, -0.2) is 21.6 Å². The molecule has 1 atom stereocenters. The van der Waals surface area contributed by atoms with Crippen LogP contribution in [0.2, 0.25) is 0 Å². The Balaban J connectivity index is 1.57. The average molecular weight is 537 g/mol. The molecule has 0 radical (unpaired) electrons. The Morgan fingerprint density at radius 1 is 1.05 bits per heavy atom. The second-order valence-electron chi connectivity index (χ2n) is 9.16. The van der Waals surface area contributed by atoms with Crippen LogP contribution in [0.4, 0.5) is 21.7 Å². The number of hydrogen-bond donors (Lipinski definition) is 4. The third kappa shape index (κ3) is 5.14. The lowest BCUT2D eigenvalue weighted by Gasteiger charge is -2.20. The number of nitrogens with zero attached hydrogens (tertiary/aromatic N) is 2. The fraction of sp³-hybridized carbons (Fsp3) is 0.100. The summed E-state index contributed by atoms with van der Waals surface area (Å²) in [4.78, 5) is 33.4. The number of aromatic nitrogens is 2. The van der Waals surface area contributed by atoms with Crippen LogP contribution in [-0.2, 0) is 4.79 Å². The van der Waals surface area contributed by atoms with E-state index in [2.05, 4.69) is 20.6 Å². The first-order valence-corrected chi connectivity index (χ1v) is 12.4. The number of rotatable bonds is 7. The summed E-state index contributed by atoms with van der Waals surface area (Å²) >= 11 is 0. The fourth-order valence-corrected chi connectivity index (χ4v) is 4.48. The lowest BCUT2D eigenvalue weighted by atomic mass is 9.98. The molecule has 0 saturated carbocycles. The molecule has 40 heavy (non-hydrogen) atoms. The minimum atomic E-state index is -0.654. The number of hydrogen-bond acceptors (Lipinski definition) is 8. The van der Waals surface area contributed by atoms with Gasteiger partial charge < -0.3 is 20.8 Å². The molecule has 0 aliphatic carbocycles. The number of para-hydroxylation sites is 1. The summed E-state index contributed by atoms with van der Waals surface area (Å²) in [7, 11) is 0. The first-order chi connectivity index (χ1) is 19.2. The molecule has 5 rings (SSSR count). The molecule has 2 heterocycles. The van der Waals surface area contributed by atoms with Crippen LogP contribution in [0.3, 0.4) is 0 Å². The van der Waals surface area contributed by atoms with Crippen LogP contribution in [0.15, 0.2) is 88.3 Å². The normalized spacial score (nSPS) is 11.7. The Kier molecular flexibility index (Phi) is 7.07. The van der Waals surface area contributed by atoms with E-state index < -0.39 is 11.9 Å². The monoisotopic (exact) mass is 536 g/mol. The van der Waals surface area contributed by atoms with Gasteiger partial charge in [-0.2, -0.15) is 0 Å². The molecular weight excluding hydrogens is 511 g/mol. The van der Waals surface area contributed by atoms with Gasteiger partial charge in [0.15, 0.2) is 0 Å². The first-order valence-electron chi connectivity index (χ1n) is 12.4. The molecule has 0 aliphatic rings. The summed E-state index contributed by atoms with van der Waals surface area (Å²) < 4.78 is 20.4. The topological polar surface area (TPSA) is 147 Å². The van der Waals surface area contributed by atoms with Gasteiger partial charge in [-0.1, -0.05) is 36.4 Å². The number of halogens is 1. The number of benzene rings is 3. The van der Waals surface area contributed by atoms with Crippen molar-refractivity contribution < 1.29 is 13.6 Å². The molecule has 1 unspecified atom stereocenters. The van der Waals surface area contributed by atoms with Gasteiger partial charge in [0.1, 0.15) is 35.1 Å². The van der Waals surface area contributed by atoms with Crippen LogP contribution in [0, 0.1) is 11.2 Å². The molecule has 3 aromatic carbocycles. The quantitative estimate of drug-likeness (QED) is 0.200. The van der Waals surface area contributed by atoms with Crippen molar-refractivity contribution in [2.75, 3.05) is 16.4 Å². The molecule has 9 nitrogen and oxygen atoms in total. The number of fused-ring (bicyclic) bond motifs is 1. The lowest BCUT2D eigenvalue weighted by molar-refractivity contribution is -0.114. The minimum absolute atomic E-state index is 0.0486. The molecule has 1 amide bonds. The molecule has 200 valence electrons. The van der Waals surface area contributed by atoms with Crippen molar-refractivity contribution in [3.63, 3.8) is 0 Å². The van der Waals surface area contributed by atoms with Crippen molar-refractivity contribution in [2.24, 2.45) is 0 Å². The Bertz CT molecular complexity index is 1820. The maximum atomic E-state index is 14.2. The van der Waals surface area contributed by atoms with Crippen LogP contribution >= 0.6 is 0 Å². The van der Waals surface area contributed by atoms with Crippen molar-refractivity contribution in [3.05, 3.63) is 112 Å². The number of nitrogens with two attached hydrogens (primary N) is 1. The third-order valence-corrected chi connectivity index (χ3v) is 6.31. The molecule has 10 heteroatoms. The molecule has 0 bridgehead atoms. The largest absolute Gasteiger partial charge is 0.458 e. The predicted octanol–water partition coefficient (Wildman–Crippen LogP) is 5.52. The van der Waals surface area contributed by atoms with Crippen LogP contribution in [0.5, 0.6) is 0 Å². The van der Waals surface area contributed by atoms with E-state index >= 15 is 0 Å². The molecular formula is C30H25FN6O3. The highest BCUT2D eigenvalue weighted by atomic mass is 19.1. The Hall–Kier alpha value is -5.38. The smallest absolute Gasteiger partial charge is 0.221 e. The van der Waals surface area contributed by atoms with Gasteiger partial charge in [-0.05, 0) is 48.9 Å². The number of carbonyl (C=O) groups excluding carboxylic acids is 1. The molecule has 0 saturated heterocycles. The van der Waals surface area contributed by atoms with Crippen molar-refractivity contribution in [1.29, 1.82) is 5.41 Å². The maximum Gasteiger partial charge on any atom is 0.221 e. The number of carbonyl (C=O) groups is 1. The van der Waals surface area contributed by atoms with E-state index in [1.165, 1.54) is 31.5 Å². The van der Waals surface area contributed by atoms with Gasteiger partial charge in [0.05, 0.1) is 28.3 Å². The zero-order valence-corrected chi connectivity index (χ0v) is 21.7. The predicted molar refractivity (Wildman–Crippen MR) is 153 cm³/mol. The summed E-state index contributed by atoms with van der Waals surface area (Å²) in [5.74, 6) is -0.103. The summed E-state index contributed by atoms with van der Waals surface area (Å²) in [6.07, 6.45) is 1.27. The summed E-state index contributed by atoms with van der Waals surface area (Å²) in [6.45, 7) is 3.18. The molecule has 0 fully saturated rings. The maximum absolute atomic E-state index is 14.2. The van der Waals surface area contributed by atoms with E-state index in [0.717, 1.165) is 0 Å². The second-order valence-corrected chi connectivity index (χ2v) is 9.16. The molecule has 2 aromatic heterocycles. The van der Waals surface area contributed by atoms with Gasteiger partial charge in [-0.3, -0.25) is 15.0 Å². The number of anilines is 3. The third-order valence-electron chi connectivity index (χ3n) is 6.31. The van der Waals surface area contributed by atoms with Gasteiger partial charge in [0, 0.05) is 18.2 Å². The zero-order valence-electron chi connectivity index (χ0n) is 21.7. The van der Waals surface area contributed by atoms with Crippen molar-refractivity contribution in [3.8, 4) is 11.1 Å². The van der Waals surface area contributed by atoms with Gasteiger partial charge in [0.25, 0.3) is 0 Å². The molecule has 5 aromatic rings. The van der Waals surface area contributed by atoms with Gasteiger partial charge in [-0.15, -0.1) is 0 Å². The number of nitrogens with one attached hydrogen (secondary N) is 3. The van der Waals surface area contributed by atoms with Crippen LogP contribution in [0.25, 0.3) is 22.1 Å². The summed E-state index contributed by atoms with van der Waals surface area (Å²) in [5, 5.41) is 15.1. The molecule has 5 N–H and O–H groups in total. The standard InChI is InChI=1S/C30H25FN6O3/c1-16(28-24(19-6-5-7-20(31)14-19)27(39)22-8-3-4-9-23(22)40-28)36-30-25(29(33)34-15-35-30)26(32)18-10-12-21(13-11-18)37-17(2)38/h3-16,32H,1-2H3,(H,37,38)(H3,33,34,35,36). The van der Waals surface area contributed by atoms with Crippen molar-refractivity contribution >= 4 is 39.9 Å². The van der Waals surface area contributed by atoms with E-state index in [1.54, 1.807) is 61.5 Å². The van der Waals surface area contributed by atoms with E-state index in [9.17, 15) is 14.0 Å². The Morgan fingerprint density at radius 2 is 1.80 bits per heavy atom. The molecule has 0 aliphatic heterocycles. The minimum Gasteiger partial charge on any atom is -0.458 e. The number of amides is 1. The average Bonchev–Trinajstić information content (AvgIpc) is 2.93. The van der Waals surface area contributed by atoms with Gasteiger partial charge in [0.2, 0.25) is 11.3 Å². The van der Waals surface area contributed by atoms with E-state index in [0.29, 0.717) is 27.8 Å². The fourth-order valence-electron chi connectivity index (χ4n) is 4.48. The first kappa shape index (κ1) is 26.2. The van der Waals surface area contributed by atoms with Gasteiger partial charge >= 0.3 is 0 Å². The highest BCUT2D eigenvalue weighted by molar-refractivity contribution is 6.16. The van der Waals surface area contributed by atoms with Crippen LogP contribution < -0.4 is 21.8 Å². The second kappa shape index (κ2) is 10.8. The number of nitrogen functional groups attached to an aromatic ring is 1. The Morgan fingerprint density at radius 3 is 2.52 bits per heavy atom. The zero-order chi connectivity index (χ0) is 28.4. The SMILES string of the molecule is CC(=O)Nc1ccc(C(=N)c2c(N)ncnc2NC(C)c2oc3ccccc3c(=O)c2-c2cccc(F)c2)cc1. The lowest BCUT2D eigenvalue weighted by Crippen LogP contribution is -2.18.